The van der Waals surface area contributed by atoms with E-state index in [1.54, 1.807) is 12.4 Å². The zero-order valence-corrected chi connectivity index (χ0v) is 15.3. The average molecular weight is 345 g/mol. The first-order valence-electron chi connectivity index (χ1n) is 8.61. The fourth-order valence-corrected chi connectivity index (χ4v) is 2.76. The molecule has 132 valence electrons. The molecule has 1 amide bonds. The molecule has 0 aliphatic rings. The zero-order chi connectivity index (χ0) is 18.6. The van der Waals surface area contributed by atoms with Crippen molar-refractivity contribution in [3.8, 4) is 0 Å². The molecular weight excluding hydrogens is 322 g/mol. The summed E-state index contributed by atoms with van der Waals surface area (Å²) in [7, 11) is 0. The van der Waals surface area contributed by atoms with Crippen LogP contribution >= 0.6 is 0 Å². The standard InChI is InChI=1S/C22H23N3O/c1-22(2,3)19-11-7-8-12-20(19)24-18-13-16(14-23-15-18)21(26)25-17-9-5-4-6-10-17/h4-15,24H,1-3H3,(H,25,26). The van der Waals surface area contributed by atoms with E-state index < -0.39 is 0 Å². The lowest BCUT2D eigenvalue weighted by molar-refractivity contribution is 0.102. The highest BCUT2D eigenvalue weighted by atomic mass is 16.1. The number of carbonyl (C=O) groups is 1. The van der Waals surface area contributed by atoms with E-state index in [0.717, 1.165) is 17.1 Å². The van der Waals surface area contributed by atoms with Gasteiger partial charge in [0.25, 0.3) is 5.91 Å². The summed E-state index contributed by atoms with van der Waals surface area (Å²) in [5.74, 6) is -0.184. The van der Waals surface area contributed by atoms with Gasteiger partial charge < -0.3 is 10.6 Å². The van der Waals surface area contributed by atoms with Crippen LogP contribution in [0, 0.1) is 0 Å². The molecule has 2 N–H and O–H groups in total. The second-order valence-corrected chi connectivity index (χ2v) is 7.20. The lowest BCUT2D eigenvalue weighted by Gasteiger charge is -2.23. The Labute approximate surface area is 154 Å². The van der Waals surface area contributed by atoms with Crippen molar-refractivity contribution in [3.05, 3.63) is 84.2 Å². The summed E-state index contributed by atoms with van der Waals surface area (Å²) in [6.45, 7) is 6.53. The van der Waals surface area contributed by atoms with Crippen LogP contribution in [0.25, 0.3) is 0 Å². The number of carbonyl (C=O) groups excluding carboxylic acids is 1. The van der Waals surface area contributed by atoms with Crippen molar-refractivity contribution in [1.82, 2.24) is 4.98 Å². The van der Waals surface area contributed by atoms with Crippen molar-refractivity contribution in [1.29, 1.82) is 0 Å². The van der Waals surface area contributed by atoms with Gasteiger partial charge in [0.2, 0.25) is 0 Å². The highest BCUT2D eigenvalue weighted by Crippen LogP contribution is 2.31. The van der Waals surface area contributed by atoms with Gasteiger partial charge in [0, 0.05) is 17.6 Å². The molecule has 0 spiro atoms. The van der Waals surface area contributed by atoms with E-state index in [4.69, 9.17) is 0 Å². The van der Waals surface area contributed by atoms with Gasteiger partial charge >= 0.3 is 0 Å². The smallest absolute Gasteiger partial charge is 0.257 e. The highest BCUT2D eigenvalue weighted by molar-refractivity contribution is 6.04. The number of nitrogens with zero attached hydrogens (tertiary/aromatic N) is 1. The van der Waals surface area contributed by atoms with Crippen molar-refractivity contribution in [3.63, 3.8) is 0 Å². The Morgan fingerprint density at radius 3 is 2.31 bits per heavy atom. The Kier molecular flexibility index (Phi) is 5.03. The van der Waals surface area contributed by atoms with Gasteiger partial charge in [0.15, 0.2) is 0 Å². The van der Waals surface area contributed by atoms with Gasteiger partial charge in [-0.05, 0) is 35.2 Å². The molecule has 26 heavy (non-hydrogen) atoms. The third kappa shape index (κ3) is 4.28. The fourth-order valence-electron chi connectivity index (χ4n) is 2.76. The Bertz CT molecular complexity index is 899. The summed E-state index contributed by atoms with van der Waals surface area (Å²) >= 11 is 0. The summed E-state index contributed by atoms with van der Waals surface area (Å²) in [6, 6.07) is 19.4. The Balaban J connectivity index is 1.81. The number of amides is 1. The van der Waals surface area contributed by atoms with Crippen molar-refractivity contribution in [2.45, 2.75) is 26.2 Å². The molecule has 0 aliphatic carbocycles. The van der Waals surface area contributed by atoms with E-state index >= 15 is 0 Å². The molecule has 0 fully saturated rings. The van der Waals surface area contributed by atoms with Gasteiger partial charge in [-0.3, -0.25) is 9.78 Å². The van der Waals surface area contributed by atoms with Crippen LogP contribution in [0.15, 0.2) is 73.1 Å². The lowest BCUT2D eigenvalue weighted by Crippen LogP contribution is -2.14. The molecule has 4 nitrogen and oxygen atoms in total. The zero-order valence-electron chi connectivity index (χ0n) is 15.3. The third-order valence-corrected chi connectivity index (χ3v) is 4.05. The molecule has 3 rings (SSSR count). The van der Waals surface area contributed by atoms with Gasteiger partial charge in [0.1, 0.15) is 0 Å². The molecule has 3 aromatic rings. The number of nitrogens with one attached hydrogen (secondary N) is 2. The molecule has 2 aromatic carbocycles. The second kappa shape index (κ2) is 7.40. The van der Waals surface area contributed by atoms with Crippen LogP contribution in [0.1, 0.15) is 36.7 Å². The summed E-state index contributed by atoms with van der Waals surface area (Å²) in [6.07, 6.45) is 3.29. The Hall–Kier alpha value is -3.14. The molecule has 1 aromatic heterocycles. The third-order valence-electron chi connectivity index (χ3n) is 4.05. The number of aromatic nitrogens is 1. The maximum atomic E-state index is 12.5. The van der Waals surface area contributed by atoms with E-state index in [-0.39, 0.29) is 11.3 Å². The summed E-state index contributed by atoms with van der Waals surface area (Å²) < 4.78 is 0. The largest absolute Gasteiger partial charge is 0.354 e. The first kappa shape index (κ1) is 17.7. The number of anilines is 3. The van der Waals surface area contributed by atoms with Gasteiger partial charge in [-0.2, -0.15) is 0 Å². The average Bonchev–Trinajstić information content (AvgIpc) is 2.62. The highest BCUT2D eigenvalue weighted by Gasteiger charge is 2.17. The first-order valence-corrected chi connectivity index (χ1v) is 8.61. The van der Waals surface area contributed by atoms with Crippen molar-refractivity contribution < 1.29 is 4.79 Å². The quantitative estimate of drug-likeness (QED) is 0.668. The SMILES string of the molecule is CC(C)(C)c1ccccc1Nc1cncc(C(=O)Nc2ccccc2)c1. The van der Waals surface area contributed by atoms with Crippen LogP contribution in [-0.4, -0.2) is 10.9 Å². The van der Waals surface area contributed by atoms with E-state index in [2.05, 4.69) is 42.5 Å². The van der Waals surface area contributed by atoms with Gasteiger partial charge in [0.05, 0.1) is 17.4 Å². The predicted molar refractivity (Wildman–Crippen MR) is 107 cm³/mol. The van der Waals surface area contributed by atoms with E-state index in [0.29, 0.717) is 5.56 Å². The Morgan fingerprint density at radius 1 is 0.885 bits per heavy atom. The lowest BCUT2D eigenvalue weighted by atomic mass is 9.86. The van der Waals surface area contributed by atoms with E-state index in [9.17, 15) is 4.79 Å². The predicted octanol–water partition coefficient (Wildman–Crippen LogP) is 5.38. The van der Waals surface area contributed by atoms with Gasteiger partial charge in [-0.25, -0.2) is 0 Å². The summed E-state index contributed by atoms with van der Waals surface area (Å²) in [4.78, 5) is 16.7. The molecule has 0 aliphatic heterocycles. The van der Waals surface area contributed by atoms with Crippen LogP contribution in [0.2, 0.25) is 0 Å². The van der Waals surface area contributed by atoms with Crippen LogP contribution in [0.3, 0.4) is 0 Å². The van der Waals surface area contributed by atoms with Crippen LogP contribution in [-0.2, 0) is 5.41 Å². The minimum Gasteiger partial charge on any atom is -0.354 e. The van der Waals surface area contributed by atoms with Crippen molar-refractivity contribution in [2.24, 2.45) is 0 Å². The van der Waals surface area contributed by atoms with E-state index in [1.807, 2.05) is 54.6 Å². The van der Waals surface area contributed by atoms with Crippen molar-refractivity contribution >= 4 is 23.0 Å². The fraction of sp³-hybridized carbons (Fsp3) is 0.182. The first-order chi connectivity index (χ1) is 12.4. The monoisotopic (exact) mass is 345 g/mol. The Morgan fingerprint density at radius 2 is 1.58 bits per heavy atom. The number of rotatable bonds is 4. The molecule has 0 unspecified atom stereocenters. The normalized spacial score (nSPS) is 11.0. The van der Waals surface area contributed by atoms with Gasteiger partial charge in [-0.15, -0.1) is 0 Å². The number of hydrogen-bond donors (Lipinski definition) is 2. The molecule has 4 heteroatoms. The van der Waals surface area contributed by atoms with Crippen LogP contribution in [0.5, 0.6) is 0 Å². The summed E-state index contributed by atoms with van der Waals surface area (Å²) in [5, 5.41) is 6.27. The minimum atomic E-state index is -0.184. The van der Waals surface area contributed by atoms with Crippen LogP contribution < -0.4 is 10.6 Å². The van der Waals surface area contributed by atoms with Crippen LogP contribution in [0.4, 0.5) is 17.1 Å². The molecule has 0 saturated heterocycles. The molecule has 0 radical (unpaired) electrons. The number of para-hydroxylation sites is 2. The minimum absolute atomic E-state index is 0.0132. The maximum Gasteiger partial charge on any atom is 0.257 e. The van der Waals surface area contributed by atoms with Gasteiger partial charge in [-0.1, -0.05) is 57.2 Å². The molecule has 1 heterocycles. The maximum absolute atomic E-state index is 12.5. The number of hydrogen-bond acceptors (Lipinski definition) is 3. The van der Waals surface area contributed by atoms with Crippen molar-refractivity contribution in [2.75, 3.05) is 10.6 Å². The number of benzene rings is 2. The second-order valence-electron chi connectivity index (χ2n) is 7.20. The molecule has 0 saturated carbocycles. The van der Waals surface area contributed by atoms with E-state index in [1.165, 1.54) is 5.56 Å². The number of pyridine rings is 1. The summed E-state index contributed by atoms with van der Waals surface area (Å²) in [5.41, 5.74) is 4.28. The topological polar surface area (TPSA) is 54.0 Å². The molecule has 0 bridgehead atoms. The molecule has 0 atom stereocenters. The molecular formula is C22H23N3O.